The van der Waals surface area contributed by atoms with Gasteiger partial charge in [-0.2, -0.15) is 0 Å². The third kappa shape index (κ3) is 5.44. The molecule has 2 aromatic rings. The van der Waals surface area contributed by atoms with E-state index in [1.54, 1.807) is 0 Å². The van der Waals surface area contributed by atoms with Crippen LogP contribution in [-0.2, 0) is 16.0 Å². The van der Waals surface area contributed by atoms with E-state index < -0.39 is 0 Å². The Balaban J connectivity index is 1.73. The standard InChI is InChI=1S/C24H30N2O2/c1-18-11-13-21(14-12-18)23(25-19(2)27)17-24(28)26-15-7-6-10-22(26)16-20-8-4-3-5-9-20/h3-5,8-9,11-14,22-23H,6-7,10,15-17H2,1-2H3,(H,25,27). The first kappa shape index (κ1) is 20.1. The number of nitrogens with zero attached hydrogens (tertiary/aromatic N) is 1. The van der Waals surface area contributed by atoms with E-state index in [2.05, 4.69) is 29.6 Å². The highest BCUT2D eigenvalue weighted by atomic mass is 16.2. The molecule has 3 rings (SSSR count). The molecule has 4 heteroatoms. The van der Waals surface area contributed by atoms with E-state index in [0.717, 1.165) is 43.4 Å². The second-order valence-corrected chi connectivity index (χ2v) is 7.79. The van der Waals surface area contributed by atoms with Crippen LogP contribution < -0.4 is 5.32 Å². The maximum Gasteiger partial charge on any atom is 0.225 e. The lowest BCUT2D eigenvalue weighted by Gasteiger charge is -2.37. The molecule has 0 bridgehead atoms. The van der Waals surface area contributed by atoms with Gasteiger partial charge in [-0.1, -0.05) is 60.2 Å². The Kier molecular flexibility index (Phi) is 6.85. The largest absolute Gasteiger partial charge is 0.349 e. The van der Waals surface area contributed by atoms with Crippen LogP contribution in [-0.4, -0.2) is 29.3 Å². The van der Waals surface area contributed by atoms with Crippen LogP contribution in [0.25, 0.3) is 0 Å². The van der Waals surface area contributed by atoms with Crippen LogP contribution >= 0.6 is 0 Å². The molecule has 1 aliphatic rings. The van der Waals surface area contributed by atoms with Gasteiger partial charge in [0, 0.05) is 19.5 Å². The number of hydrogen-bond donors (Lipinski definition) is 1. The second kappa shape index (κ2) is 9.54. The monoisotopic (exact) mass is 378 g/mol. The zero-order valence-electron chi connectivity index (χ0n) is 16.9. The lowest BCUT2D eigenvalue weighted by atomic mass is 9.94. The van der Waals surface area contributed by atoms with Crippen LogP contribution in [0.15, 0.2) is 54.6 Å². The molecule has 0 spiro atoms. The molecule has 1 heterocycles. The maximum absolute atomic E-state index is 13.2. The molecule has 0 radical (unpaired) electrons. The number of nitrogens with one attached hydrogen (secondary N) is 1. The van der Waals surface area contributed by atoms with Crippen LogP contribution in [0.1, 0.15) is 55.3 Å². The van der Waals surface area contributed by atoms with Crippen LogP contribution in [0, 0.1) is 6.92 Å². The number of rotatable bonds is 6. The average Bonchev–Trinajstić information content (AvgIpc) is 2.69. The molecule has 1 aliphatic heterocycles. The summed E-state index contributed by atoms with van der Waals surface area (Å²) in [5, 5.41) is 2.96. The molecule has 2 amide bonds. The normalized spacial score (nSPS) is 17.8. The molecule has 0 aromatic heterocycles. The summed E-state index contributed by atoms with van der Waals surface area (Å²) in [5.41, 5.74) is 3.41. The van der Waals surface area contributed by atoms with E-state index in [-0.39, 0.29) is 23.9 Å². The number of benzene rings is 2. The van der Waals surface area contributed by atoms with Gasteiger partial charge < -0.3 is 10.2 Å². The first-order valence-corrected chi connectivity index (χ1v) is 10.2. The van der Waals surface area contributed by atoms with Gasteiger partial charge in [0.2, 0.25) is 11.8 Å². The SMILES string of the molecule is CC(=O)NC(CC(=O)N1CCCCC1Cc1ccccc1)c1ccc(C)cc1. The fourth-order valence-corrected chi connectivity index (χ4v) is 4.02. The fraction of sp³-hybridized carbons (Fsp3) is 0.417. The summed E-state index contributed by atoms with van der Waals surface area (Å²) in [4.78, 5) is 27.0. The molecule has 1 N–H and O–H groups in total. The van der Waals surface area contributed by atoms with E-state index >= 15 is 0 Å². The summed E-state index contributed by atoms with van der Waals surface area (Å²) >= 11 is 0. The second-order valence-electron chi connectivity index (χ2n) is 7.79. The van der Waals surface area contributed by atoms with Crippen molar-refractivity contribution in [2.75, 3.05) is 6.54 Å². The summed E-state index contributed by atoms with van der Waals surface area (Å²) in [6.45, 7) is 4.34. The summed E-state index contributed by atoms with van der Waals surface area (Å²) in [6.07, 6.45) is 4.44. The van der Waals surface area contributed by atoms with Gasteiger partial charge in [0.15, 0.2) is 0 Å². The fourth-order valence-electron chi connectivity index (χ4n) is 4.02. The average molecular weight is 379 g/mol. The molecule has 0 saturated carbocycles. The van der Waals surface area contributed by atoms with Gasteiger partial charge in [-0.3, -0.25) is 9.59 Å². The third-order valence-corrected chi connectivity index (χ3v) is 5.50. The van der Waals surface area contributed by atoms with Gasteiger partial charge in [-0.15, -0.1) is 0 Å². The van der Waals surface area contributed by atoms with Crippen molar-refractivity contribution >= 4 is 11.8 Å². The van der Waals surface area contributed by atoms with Crippen LogP contribution in [0.4, 0.5) is 0 Å². The van der Waals surface area contributed by atoms with Crippen molar-refractivity contribution in [2.24, 2.45) is 0 Å². The van der Waals surface area contributed by atoms with Gasteiger partial charge in [0.05, 0.1) is 12.5 Å². The Morgan fingerprint density at radius 1 is 1.07 bits per heavy atom. The van der Waals surface area contributed by atoms with E-state index in [0.29, 0.717) is 6.42 Å². The molecule has 2 atom stereocenters. The van der Waals surface area contributed by atoms with Crippen molar-refractivity contribution in [3.05, 3.63) is 71.3 Å². The first-order chi connectivity index (χ1) is 13.5. The van der Waals surface area contributed by atoms with Gasteiger partial charge in [-0.25, -0.2) is 0 Å². The lowest BCUT2D eigenvalue weighted by Crippen LogP contribution is -2.46. The Labute approximate surface area is 167 Å². The van der Waals surface area contributed by atoms with Crippen LogP contribution in [0.3, 0.4) is 0 Å². The van der Waals surface area contributed by atoms with Gasteiger partial charge >= 0.3 is 0 Å². The molecular weight excluding hydrogens is 348 g/mol. The number of piperidine rings is 1. The van der Waals surface area contributed by atoms with Gasteiger partial charge in [0.1, 0.15) is 0 Å². The summed E-state index contributed by atoms with van der Waals surface area (Å²) in [7, 11) is 0. The Hall–Kier alpha value is -2.62. The number of amides is 2. The Morgan fingerprint density at radius 2 is 1.79 bits per heavy atom. The molecule has 2 aromatic carbocycles. The number of carbonyl (C=O) groups excluding carboxylic acids is 2. The van der Waals surface area contributed by atoms with Crippen molar-refractivity contribution in [1.29, 1.82) is 0 Å². The Morgan fingerprint density at radius 3 is 2.46 bits per heavy atom. The van der Waals surface area contributed by atoms with Crippen molar-refractivity contribution in [3.63, 3.8) is 0 Å². The minimum Gasteiger partial charge on any atom is -0.349 e. The molecule has 28 heavy (non-hydrogen) atoms. The quantitative estimate of drug-likeness (QED) is 0.819. The van der Waals surface area contributed by atoms with Crippen LogP contribution in [0.2, 0.25) is 0 Å². The van der Waals surface area contributed by atoms with Gasteiger partial charge in [-0.05, 0) is 43.7 Å². The molecule has 148 valence electrons. The third-order valence-electron chi connectivity index (χ3n) is 5.50. The maximum atomic E-state index is 13.2. The van der Waals surface area contributed by atoms with E-state index in [9.17, 15) is 9.59 Å². The summed E-state index contributed by atoms with van der Waals surface area (Å²) in [6, 6.07) is 18.4. The molecule has 2 unspecified atom stereocenters. The molecule has 1 fully saturated rings. The predicted molar refractivity (Wildman–Crippen MR) is 112 cm³/mol. The topological polar surface area (TPSA) is 49.4 Å². The van der Waals surface area contributed by atoms with Crippen molar-refractivity contribution < 1.29 is 9.59 Å². The number of likely N-dealkylation sites (tertiary alicyclic amines) is 1. The molecule has 1 saturated heterocycles. The molecule has 4 nitrogen and oxygen atoms in total. The van der Waals surface area contributed by atoms with Gasteiger partial charge in [0.25, 0.3) is 0 Å². The van der Waals surface area contributed by atoms with E-state index in [1.165, 1.54) is 12.5 Å². The molecular formula is C24H30N2O2. The van der Waals surface area contributed by atoms with E-state index in [1.807, 2.05) is 42.2 Å². The number of aryl methyl sites for hydroxylation is 1. The highest BCUT2D eigenvalue weighted by Crippen LogP contribution is 2.25. The summed E-state index contributed by atoms with van der Waals surface area (Å²) in [5.74, 6) is 0.0119. The minimum absolute atomic E-state index is 0.113. The highest BCUT2D eigenvalue weighted by molar-refractivity contribution is 5.79. The zero-order chi connectivity index (χ0) is 19.9. The first-order valence-electron chi connectivity index (χ1n) is 10.2. The van der Waals surface area contributed by atoms with Crippen LogP contribution in [0.5, 0.6) is 0 Å². The van der Waals surface area contributed by atoms with Crippen molar-refractivity contribution in [2.45, 2.75) is 58.0 Å². The minimum atomic E-state index is -0.287. The zero-order valence-corrected chi connectivity index (χ0v) is 16.9. The summed E-state index contributed by atoms with van der Waals surface area (Å²) < 4.78 is 0. The van der Waals surface area contributed by atoms with E-state index in [4.69, 9.17) is 0 Å². The van der Waals surface area contributed by atoms with Crippen molar-refractivity contribution in [3.8, 4) is 0 Å². The van der Waals surface area contributed by atoms with Crippen molar-refractivity contribution in [1.82, 2.24) is 10.2 Å². The highest BCUT2D eigenvalue weighted by Gasteiger charge is 2.29. The Bertz CT molecular complexity index is 786. The number of hydrogen-bond acceptors (Lipinski definition) is 2. The smallest absolute Gasteiger partial charge is 0.225 e. The predicted octanol–water partition coefficient (Wildman–Crippen LogP) is 4.19. The number of carbonyl (C=O) groups is 2. The lowest BCUT2D eigenvalue weighted by molar-refractivity contribution is -0.135. The molecule has 0 aliphatic carbocycles.